The first-order chi connectivity index (χ1) is 5.52. The van der Waals surface area contributed by atoms with Crippen molar-refractivity contribution in [1.82, 2.24) is 4.74 Å². The van der Waals surface area contributed by atoms with Crippen molar-refractivity contribution in [2.45, 2.75) is 19.9 Å². The summed E-state index contributed by atoms with van der Waals surface area (Å²) in [6.45, 7) is 4.00. The first-order valence-corrected chi connectivity index (χ1v) is 3.95. The Morgan fingerprint density at radius 1 is 1.58 bits per heavy atom. The summed E-state index contributed by atoms with van der Waals surface area (Å²) in [5.74, 6) is 0.299. The Balaban J connectivity index is 3.02. The quantitative estimate of drug-likeness (QED) is 0.708. The molecule has 68 valence electrons. The SMILES string of the molecule is CC(C)[C@H](N)c1cc(=O)on1C. The molecule has 1 atom stereocenters. The lowest BCUT2D eigenvalue weighted by atomic mass is 10.0. The summed E-state index contributed by atoms with van der Waals surface area (Å²) >= 11 is 0. The normalized spacial score (nSPS) is 13.8. The average molecular weight is 170 g/mol. The van der Waals surface area contributed by atoms with Crippen molar-refractivity contribution in [2.24, 2.45) is 18.7 Å². The zero-order valence-corrected chi connectivity index (χ0v) is 7.57. The van der Waals surface area contributed by atoms with Gasteiger partial charge in [-0.05, 0) is 5.92 Å². The van der Waals surface area contributed by atoms with Gasteiger partial charge in [0.1, 0.15) is 0 Å². The molecule has 0 fully saturated rings. The van der Waals surface area contributed by atoms with Gasteiger partial charge in [-0.25, -0.2) is 9.53 Å². The topological polar surface area (TPSA) is 61.2 Å². The summed E-state index contributed by atoms with van der Waals surface area (Å²) in [5, 5.41) is 0. The molecule has 0 unspecified atom stereocenters. The van der Waals surface area contributed by atoms with E-state index in [1.54, 1.807) is 7.05 Å². The predicted molar refractivity (Wildman–Crippen MR) is 45.7 cm³/mol. The number of nitrogens with two attached hydrogens (primary N) is 1. The zero-order chi connectivity index (χ0) is 9.30. The Bertz CT molecular complexity index is 311. The van der Waals surface area contributed by atoms with Crippen LogP contribution >= 0.6 is 0 Å². The van der Waals surface area contributed by atoms with Gasteiger partial charge in [0, 0.05) is 13.1 Å². The first-order valence-electron chi connectivity index (χ1n) is 3.95. The largest absolute Gasteiger partial charge is 0.357 e. The highest BCUT2D eigenvalue weighted by Crippen LogP contribution is 2.16. The number of aryl methyl sites for hydroxylation is 1. The number of aromatic nitrogens is 1. The number of hydrogen-bond donors (Lipinski definition) is 1. The summed E-state index contributed by atoms with van der Waals surface area (Å²) in [5.41, 5.74) is 6.23. The Morgan fingerprint density at radius 3 is 2.50 bits per heavy atom. The second-order valence-corrected chi connectivity index (χ2v) is 3.25. The second kappa shape index (κ2) is 3.15. The third-order valence-corrected chi connectivity index (χ3v) is 1.92. The molecule has 0 aliphatic heterocycles. The molecule has 0 spiro atoms. The lowest BCUT2D eigenvalue weighted by Gasteiger charge is -2.14. The van der Waals surface area contributed by atoms with E-state index >= 15 is 0 Å². The molecular formula is C8H14N2O2. The molecule has 1 rings (SSSR count). The summed E-state index contributed by atoms with van der Waals surface area (Å²) < 4.78 is 6.19. The summed E-state index contributed by atoms with van der Waals surface area (Å²) in [6, 6.07) is 1.30. The van der Waals surface area contributed by atoms with Crippen LogP contribution in [-0.2, 0) is 7.05 Å². The van der Waals surface area contributed by atoms with E-state index in [2.05, 4.69) is 0 Å². The highest BCUT2D eigenvalue weighted by molar-refractivity contribution is 5.04. The minimum Gasteiger partial charge on any atom is -0.336 e. The fourth-order valence-corrected chi connectivity index (χ4v) is 1.07. The van der Waals surface area contributed by atoms with Gasteiger partial charge in [0.05, 0.1) is 11.7 Å². The van der Waals surface area contributed by atoms with Crippen LogP contribution in [0.25, 0.3) is 0 Å². The highest BCUT2D eigenvalue weighted by Gasteiger charge is 2.15. The van der Waals surface area contributed by atoms with Crippen LogP contribution in [0.2, 0.25) is 0 Å². The molecule has 1 heterocycles. The molecule has 0 bridgehead atoms. The van der Waals surface area contributed by atoms with Crippen LogP contribution in [0.4, 0.5) is 0 Å². The van der Waals surface area contributed by atoms with Crippen LogP contribution in [0, 0.1) is 5.92 Å². The van der Waals surface area contributed by atoms with Crippen LogP contribution in [0.5, 0.6) is 0 Å². The number of nitrogens with zero attached hydrogens (tertiary/aromatic N) is 1. The molecule has 12 heavy (non-hydrogen) atoms. The predicted octanol–water partition coefficient (Wildman–Crippen LogP) is 0.634. The van der Waals surface area contributed by atoms with E-state index in [0.29, 0.717) is 5.92 Å². The maximum absolute atomic E-state index is 10.8. The van der Waals surface area contributed by atoms with Gasteiger partial charge in [0.25, 0.3) is 0 Å². The third-order valence-electron chi connectivity index (χ3n) is 1.92. The van der Waals surface area contributed by atoms with Crippen molar-refractivity contribution in [1.29, 1.82) is 0 Å². The van der Waals surface area contributed by atoms with Crippen molar-refractivity contribution in [2.75, 3.05) is 0 Å². The fourth-order valence-electron chi connectivity index (χ4n) is 1.07. The average Bonchev–Trinajstić information content (AvgIpc) is 2.28. The van der Waals surface area contributed by atoms with Gasteiger partial charge in [0.2, 0.25) is 0 Å². The monoisotopic (exact) mass is 170 g/mol. The van der Waals surface area contributed by atoms with Crippen molar-refractivity contribution in [3.63, 3.8) is 0 Å². The number of rotatable bonds is 2. The second-order valence-electron chi connectivity index (χ2n) is 3.25. The summed E-state index contributed by atoms with van der Waals surface area (Å²) in [4.78, 5) is 10.8. The van der Waals surface area contributed by atoms with Gasteiger partial charge in [-0.2, -0.15) is 0 Å². The number of hydrogen-bond acceptors (Lipinski definition) is 3. The van der Waals surface area contributed by atoms with Gasteiger partial charge in [0.15, 0.2) is 0 Å². The van der Waals surface area contributed by atoms with Gasteiger partial charge in [-0.15, -0.1) is 0 Å². The smallest absolute Gasteiger partial charge is 0.336 e. The van der Waals surface area contributed by atoms with Crippen molar-refractivity contribution in [3.8, 4) is 0 Å². The van der Waals surface area contributed by atoms with Crippen molar-refractivity contribution >= 4 is 0 Å². The summed E-state index contributed by atoms with van der Waals surface area (Å²) in [6.07, 6.45) is 0. The highest BCUT2D eigenvalue weighted by atomic mass is 16.5. The molecule has 0 saturated heterocycles. The maximum Gasteiger partial charge on any atom is 0.357 e. The minimum atomic E-state index is -0.344. The van der Waals surface area contributed by atoms with Gasteiger partial charge in [-0.1, -0.05) is 13.8 Å². The molecule has 0 saturated carbocycles. The molecule has 0 amide bonds. The van der Waals surface area contributed by atoms with Crippen LogP contribution < -0.4 is 11.4 Å². The lowest BCUT2D eigenvalue weighted by Crippen LogP contribution is -2.19. The molecule has 2 N–H and O–H groups in total. The van der Waals surface area contributed by atoms with E-state index in [-0.39, 0.29) is 11.7 Å². The molecule has 0 radical (unpaired) electrons. The van der Waals surface area contributed by atoms with Crippen molar-refractivity contribution in [3.05, 3.63) is 22.2 Å². The van der Waals surface area contributed by atoms with E-state index < -0.39 is 0 Å². The molecule has 0 aliphatic carbocycles. The van der Waals surface area contributed by atoms with Crippen LogP contribution in [0.15, 0.2) is 15.4 Å². The molecule has 0 aliphatic rings. The maximum atomic E-state index is 10.8. The molecule has 1 aromatic heterocycles. The van der Waals surface area contributed by atoms with Crippen LogP contribution in [0.3, 0.4) is 0 Å². The van der Waals surface area contributed by atoms with Gasteiger partial charge >= 0.3 is 5.63 Å². The Kier molecular flexibility index (Phi) is 2.38. The van der Waals surface area contributed by atoms with E-state index in [1.807, 2.05) is 13.8 Å². The molecule has 0 aromatic carbocycles. The Labute approximate surface area is 70.9 Å². The Hall–Kier alpha value is -1.03. The van der Waals surface area contributed by atoms with E-state index in [1.165, 1.54) is 10.8 Å². The first kappa shape index (κ1) is 9.06. The summed E-state index contributed by atoms with van der Waals surface area (Å²) in [7, 11) is 1.68. The van der Waals surface area contributed by atoms with Gasteiger partial charge < -0.3 is 10.3 Å². The van der Waals surface area contributed by atoms with E-state index in [4.69, 9.17) is 10.3 Å². The standard InChI is InChI=1S/C8H14N2O2/c1-5(2)8(9)6-4-7(11)12-10(6)3/h4-5,8H,9H2,1-3H3/t8-/m0/s1. The van der Waals surface area contributed by atoms with Crippen LogP contribution in [-0.4, -0.2) is 4.74 Å². The lowest BCUT2D eigenvalue weighted by molar-refractivity contribution is 0.266. The van der Waals surface area contributed by atoms with Crippen molar-refractivity contribution < 1.29 is 4.52 Å². The van der Waals surface area contributed by atoms with E-state index in [0.717, 1.165) is 5.69 Å². The fraction of sp³-hybridized carbons (Fsp3) is 0.625. The molecular weight excluding hydrogens is 156 g/mol. The molecule has 1 aromatic rings. The third kappa shape index (κ3) is 1.58. The van der Waals surface area contributed by atoms with E-state index in [9.17, 15) is 4.79 Å². The minimum absolute atomic E-state index is 0.138. The van der Waals surface area contributed by atoms with Crippen LogP contribution in [0.1, 0.15) is 25.6 Å². The Morgan fingerprint density at radius 2 is 2.17 bits per heavy atom. The zero-order valence-electron chi connectivity index (χ0n) is 7.57. The molecule has 4 nitrogen and oxygen atoms in total. The van der Waals surface area contributed by atoms with Gasteiger partial charge in [-0.3, -0.25) is 0 Å². The molecule has 4 heteroatoms.